The fourth-order valence-corrected chi connectivity index (χ4v) is 3.20. The molecule has 0 atom stereocenters. The van der Waals surface area contributed by atoms with Gasteiger partial charge >= 0.3 is 0 Å². The highest BCUT2D eigenvalue weighted by Gasteiger charge is 2.20. The largest absolute Gasteiger partial charge is 0.367 e. The van der Waals surface area contributed by atoms with E-state index in [1.54, 1.807) is 0 Å². The minimum absolute atomic E-state index is 0.338. The van der Waals surface area contributed by atoms with Gasteiger partial charge in [-0.05, 0) is 58.8 Å². The predicted octanol–water partition coefficient (Wildman–Crippen LogP) is 5.27. The van der Waals surface area contributed by atoms with Crippen LogP contribution in [0.4, 0.5) is 5.88 Å². The van der Waals surface area contributed by atoms with E-state index in [1.807, 2.05) is 30.3 Å². The molecule has 2 aromatic carbocycles. The highest BCUT2D eigenvalue weighted by Crippen LogP contribution is 2.40. The summed E-state index contributed by atoms with van der Waals surface area (Å²) in [7, 11) is 0. The Balaban J connectivity index is 2.27. The van der Waals surface area contributed by atoms with Gasteiger partial charge in [0.2, 0.25) is 5.88 Å². The monoisotopic (exact) mass is 454 g/mol. The van der Waals surface area contributed by atoms with Crippen LogP contribution >= 0.6 is 38.5 Å². The molecule has 3 aromatic rings. The van der Waals surface area contributed by atoms with E-state index in [-0.39, 0.29) is 0 Å². The topological polar surface area (TPSA) is 52.0 Å². The minimum atomic E-state index is 0.338. The van der Waals surface area contributed by atoms with Crippen LogP contribution in [-0.2, 0) is 0 Å². The first-order valence-electron chi connectivity index (χ1n) is 6.34. The second kappa shape index (κ2) is 5.81. The lowest BCUT2D eigenvalue weighted by molar-refractivity contribution is 0.439. The SMILES string of the molecule is Cc1ccccc1-c1c(-c2cc(I)ccc2Br)noc1N. The van der Waals surface area contributed by atoms with E-state index in [4.69, 9.17) is 10.3 Å². The van der Waals surface area contributed by atoms with Crippen molar-refractivity contribution in [3.8, 4) is 22.4 Å². The lowest BCUT2D eigenvalue weighted by Crippen LogP contribution is -1.91. The fourth-order valence-electron chi connectivity index (χ4n) is 2.28. The van der Waals surface area contributed by atoms with Crippen molar-refractivity contribution in [2.75, 3.05) is 5.73 Å². The van der Waals surface area contributed by atoms with Crippen LogP contribution in [-0.4, -0.2) is 5.16 Å². The van der Waals surface area contributed by atoms with Gasteiger partial charge in [0.25, 0.3) is 0 Å². The Morgan fingerprint density at radius 3 is 2.67 bits per heavy atom. The van der Waals surface area contributed by atoms with Crippen LogP contribution in [0.3, 0.4) is 0 Å². The summed E-state index contributed by atoms with van der Waals surface area (Å²) in [6.07, 6.45) is 0. The molecule has 0 bridgehead atoms. The zero-order chi connectivity index (χ0) is 15.0. The molecule has 0 amide bonds. The Morgan fingerprint density at radius 2 is 1.90 bits per heavy atom. The number of halogens is 2. The van der Waals surface area contributed by atoms with Gasteiger partial charge in [0.1, 0.15) is 5.69 Å². The Hall–Kier alpha value is -1.34. The Labute approximate surface area is 144 Å². The van der Waals surface area contributed by atoms with Crippen molar-refractivity contribution in [1.82, 2.24) is 5.16 Å². The third kappa shape index (κ3) is 2.72. The number of rotatable bonds is 2. The van der Waals surface area contributed by atoms with Crippen molar-refractivity contribution >= 4 is 44.4 Å². The van der Waals surface area contributed by atoms with Crippen LogP contribution < -0.4 is 5.73 Å². The first kappa shape index (κ1) is 14.6. The summed E-state index contributed by atoms with van der Waals surface area (Å²) in [6.45, 7) is 2.05. The highest BCUT2D eigenvalue weighted by molar-refractivity contribution is 14.1. The molecule has 0 aliphatic heterocycles. The van der Waals surface area contributed by atoms with Crippen molar-refractivity contribution in [2.45, 2.75) is 6.92 Å². The molecule has 0 unspecified atom stereocenters. The number of nitrogens with two attached hydrogens (primary N) is 1. The van der Waals surface area contributed by atoms with Gasteiger partial charge in [-0.3, -0.25) is 0 Å². The van der Waals surface area contributed by atoms with Gasteiger partial charge < -0.3 is 10.3 Å². The predicted molar refractivity (Wildman–Crippen MR) is 96.9 cm³/mol. The molecule has 3 nitrogen and oxygen atoms in total. The summed E-state index contributed by atoms with van der Waals surface area (Å²) in [6, 6.07) is 14.2. The van der Waals surface area contributed by atoms with Gasteiger partial charge in [-0.15, -0.1) is 0 Å². The number of anilines is 1. The maximum atomic E-state index is 6.02. The molecule has 0 saturated heterocycles. The zero-order valence-corrected chi connectivity index (χ0v) is 15.0. The van der Waals surface area contributed by atoms with Crippen molar-refractivity contribution < 1.29 is 4.52 Å². The van der Waals surface area contributed by atoms with Gasteiger partial charge in [-0.1, -0.05) is 45.4 Å². The quantitative estimate of drug-likeness (QED) is 0.537. The van der Waals surface area contributed by atoms with Gasteiger partial charge in [0.15, 0.2) is 0 Å². The number of aryl methyl sites for hydroxylation is 1. The summed E-state index contributed by atoms with van der Waals surface area (Å²) < 4.78 is 7.35. The lowest BCUT2D eigenvalue weighted by Gasteiger charge is -2.08. The second-order valence-corrected chi connectivity index (χ2v) is 6.81. The lowest BCUT2D eigenvalue weighted by atomic mass is 9.97. The fraction of sp³-hybridized carbons (Fsp3) is 0.0625. The van der Waals surface area contributed by atoms with Crippen molar-refractivity contribution in [1.29, 1.82) is 0 Å². The van der Waals surface area contributed by atoms with E-state index in [1.165, 1.54) is 0 Å². The van der Waals surface area contributed by atoms with Gasteiger partial charge in [0, 0.05) is 13.6 Å². The molecule has 0 fully saturated rings. The molecule has 0 aliphatic rings. The summed E-state index contributed by atoms with van der Waals surface area (Å²) in [5, 5.41) is 4.17. The van der Waals surface area contributed by atoms with E-state index < -0.39 is 0 Å². The standard InChI is InChI=1S/C16H12BrIN2O/c1-9-4-2-3-5-11(9)14-15(20-21-16(14)19)12-8-10(18)6-7-13(12)17/h2-8H,19H2,1H3. The van der Waals surface area contributed by atoms with Crippen LogP contribution in [0.25, 0.3) is 22.4 Å². The Morgan fingerprint density at radius 1 is 1.14 bits per heavy atom. The Kier molecular flexibility index (Phi) is 4.03. The molecule has 21 heavy (non-hydrogen) atoms. The molecule has 0 radical (unpaired) electrons. The van der Waals surface area contributed by atoms with Gasteiger partial charge in [0.05, 0.1) is 5.56 Å². The third-order valence-electron chi connectivity index (χ3n) is 3.32. The first-order chi connectivity index (χ1) is 10.1. The molecule has 0 aliphatic carbocycles. The normalized spacial score (nSPS) is 10.8. The number of nitrogens with zero attached hydrogens (tertiary/aromatic N) is 1. The van der Waals surface area contributed by atoms with Gasteiger partial charge in [-0.2, -0.15) is 0 Å². The van der Waals surface area contributed by atoms with Crippen LogP contribution in [0.15, 0.2) is 51.5 Å². The van der Waals surface area contributed by atoms with Gasteiger partial charge in [-0.25, -0.2) is 0 Å². The summed E-state index contributed by atoms with van der Waals surface area (Å²) in [5.74, 6) is 0.338. The second-order valence-electron chi connectivity index (χ2n) is 4.71. The number of benzene rings is 2. The number of hydrogen-bond donors (Lipinski definition) is 1. The Bertz CT molecular complexity index is 814. The van der Waals surface area contributed by atoms with Crippen LogP contribution in [0, 0.1) is 10.5 Å². The zero-order valence-electron chi connectivity index (χ0n) is 11.2. The van der Waals surface area contributed by atoms with E-state index in [2.05, 4.69) is 62.7 Å². The first-order valence-corrected chi connectivity index (χ1v) is 8.21. The molecule has 2 N–H and O–H groups in total. The number of aromatic nitrogens is 1. The third-order valence-corrected chi connectivity index (χ3v) is 4.68. The maximum absolute atomic E-state index is 6.02. The molecule has 106 valence electrons. The van der Waals surface area contributed by atoms with E-state index >= 15 is 0 Å². The average molecular weight is 455 g/mol. The van der Waals surface area contributed by atoms with Crippen LogP contribution in [0.1, 0.15) is 5.56 Å². The van der Waals surface area contributed by atoms with Crippen molar-refractivity contribution in [3.63, 3.8) is 0 Å². The van der Waals surface area contributed by atoms with Crippen LogP contribution in [0.2, 0.25) is 0 Å². The van der Waals surface area contributed by atoms with E-state index in [9.17, 15) is 0 Å². The maximum Gasteiger partial charge on any atom is 0.230 e. The number of hydrogen-bond acceptors (Lipinski definition) is 3. The molecule has 1 heterocycles. The van der Waals surface area contributed by atoms with Crippen LogP contribution in [0.5, 0.6) is 0 Å². The highest BCUT2D eigenvalue weighted by atomic mass is 127. The molecule has 0 saturated carbocycles. The average Bonchev–Trinajstić information content (AvgIpc) is 2.84. The molecule has 3 rings (SSSR count). The van der Waals surface area contributed by atoms with E-state index in [0.29, 0.717) is 5.88 Å². The smallest absolute Gasteiger partial charge is 0.230 e. The molecular formula is C16H12BrIN2O. The summed E-state index contributed by atoms with van der Waals surface area (Å²) in [4.78, 5) is 0. The molecular weight excluding hydrogens is 443 g/mol. The van der Waals surface area contributed by atoms with Crippen molar-refractivity contribution in [3.05, 3.63) is 56.1 Å². The van der Waals surface area contributed by atoms with E-state index in [0.717, 1.165) is 36.0 Å². The van der Waals surface area contributed by atoms with Crippen molar-refractivity contribution in [2.24, 2.45) is 0 Å². The molecule has 1 aromatic heterocycles. The molecule has 0 spiro atoms. The number of nitrogen functional groups attached to an aromatic ring is 1. The minimum Gasteiger partial charge on any atom is -0.367 e. The molecule has 5 heteroatoms. The summed E-state index contributed by atoms with van der Waals surface area (Å²) in [5.41, 5.74) is 10.8. The summed E-state index contributed by atoms with van der Waals surface area (Å²) >= 11 is 5.85.